The molecule has 0 aliphatic rings. The van der Waals surface area contributed by atoms with Gasteiger partial charge >= 0.3 is 0 Å². The number of hydrogen-bond donors (Lipinski definition) is 1. The molecule has 0 radical (unpaired) electrons. The van der Waals surface area contributed by atoms with E-state index in [-0.39, 0.29) is 0 Å². The molecule has 0 saturated carbocycles. The van der Waals surface area contributed by atoms with Crippen LogP contribution < -0.4 is 4.74 Å². The molecule has 2 heteroatoms. The molecule has 0 bridgehead atoms. The van der Waals surface area contributed by atoms with Crippen LogP contribution in [-0.4, -0.2) is 12.2 Å². The molecule has 0 aromatic heterocycles. The normalized spacial score (nSPS) is 12.2. The molecular weight excluding hydrogens is 248 g/mol. The first-order valence-electron chi connectivity index (χ1n) is 7.13. The Balaban J connectivity index is 2.09. The molecule has 2 aromatic carbocycles. The average Bonchev–Trinajstić information content (AvgIpc) is 2.49. The van der Waals surface area contributed by atoms with Gasteiger partial charge in [0.05, 0.1) is 13.2 Å². The highest BCUT2D eigenvalue weighted by Gasteiger charge is 2.11. The van der Waals surface area contributed by atoms with Crippen LogP contribution >= 0.6 is 0 Å². The highest BCUT2D eigenvalue weighted by Crippen LogP contribution is 2.25. The van der Waals surface area contributed by atoms with Gasteiger partial charge in [-0.15, -0.1) is 0 Å². The Morgan fingerprint density at radius 1 is 1.05 bits per heavy atom. The lowest BCUT2D eigenvalue weighted by Gasteiger charge is -2.14. The smallest absolute Gasteiger partial charge is 0.122 e. The fourth-order valence-electron chi connectivity index (χ4n) is 2.39. The van der Waals surface area contributed by atoms with E-state index in [1.807, 2.05) is 36.4 Å². The standard InChI is InChI=1S/C18H22O2/c1-3-6-14-9-11-15(12-10-14)17(19)13-16-7-4-5-8-18(16)20-2/h4-5,7-12,17,19H,3,6,13H2,1-2H3. The van der Waals surface area contributed by atoms with Gasteiger partial charge in [-0.05, 0) is 29.2 Å². The Bertz CT molecular complexity index is 531. The first-order chi connectivity index (χ1) is 9.74. The summed E-state index contributed by atoms with van der Waals surface area (Å²) in [6, 6.07) is 16.1. The molecule has 2 nitrogen and oxygen atoms in total. The van der Waals surface area contributed by atoms with Gasteiger partial charge in [0.25, 0.3) is 0 Å². The van der Waals surface area contributed by atoms with Gasteiger partial charge in [0.2, 0.25) is 0 Å². The minimum atomic E-state index is -0.498. The number of ether oxygens (including phenoxy) is 1. The number of para-hydroxylation sites is 1. The van der Waals surface area contributed by atoms with Crippen molar-refractivity contribution >= 4 is 0 Å². The van der Waals surface area contributed by atoms with Crippen molar-refractivity contribution in [3.63, 3.8) is 0 Å². The van der Waals surface area contributed by atoms with E-state index in [0.29, 0.717) is 6.42 Å². The number of hydrogen-bond acceptors (Lipinski definition) is 2. The molecule has 0 aliphatic carbocycles. The van der Waals surface area contributed by atoms with Crippen LogP contribution in [0.15, 0.2) is 48.5 Å². The van der Waals surface area contributed by atoms with Gasteiger partial charge in [-0.3, -0.25) is 0 Å². The highest BCUT2D eigenvalue weighted by atomic mass is 16.5. The zero-order chi connectivity index (χ0) is 14.4. The average molecular weight is 270 g/mol. The first kappa shape index (κ1) is 14.6. The predicted octanol–water partition coefficient (Wildman–Crippen LogP) is 3.92. The number of aliphatic hydroxyl groups excluding tert-OH is 1. The largest absolute Gasteiger partial charge is 0.496 e. The van der Waals surface area contributed by atoms with Gasteiger partial charge in [0.1, 0.15) is 5.75 Å². The molecule has 0 saturated heterocycles. The summed E-state index contributed by atoms with van der Waals surface area (Å²) in [6.07, 6.45) is 2.30. The van der Waals surface area contributed by atoms with Crippen molar-refractivity contribution in [2.45, 2.75) is 32.3 Å². The third-order valence-electron chi connectivity index (χ3n) is 3.51. The Kier molecular flexibility index (Phi) is 5.19. The Hall–Kier alpha value is -1.80. The number of rotatable bonds is 6. The molecule has 1 N–H and O–H groups in total. The van der Waals surface area contributed by atoms with Gasteiger partial charge < -0.3 is 9.84 Å². The fraction of sp³-hybridized carbons (Fsp3) is 0.333. The summed E-state index contributed by atoms with van der Waals surface area (Å²) in [6.45, 7) is 2.17. The van der Waals surface area contributed by atoms with E-state index in [4.69, 9.17) is 4.74 Å². The van der Waals surface area contributed by atoms with Gasteiger partial charge in [-0.2, -0.15) is 0 Å². The summed E-state index contributed by atoms with van der Waals surface area (Å²) >= 11 is 0. The SMILES string of the molecule is CCCc1ccc(C(O)Cc2ccccc2OC)cc1. The maximum Gasteiger partial charge on any atom is 0.122 e. The second kappa shape index (κ2) is 7.11. The Labute approximate surface area is 121 Å². The monoisotopic (exact) mass is 270 g/mol. The number of aryl methyl sites for hydroxylation is 1. The van der Waals surface area contributed by atoms with E-state index >= 15 is 0 Å². The van der Waals surface area contributed by atoms with Crippen LogP contribution in [0, 0.1) is 0 Å². The van der Waals surface area contributed by atoms with Crippen LogP contribution in [0.25, 0.3) is 0 Å². The molecule has 0 aliphatic heterocycles. The van der Waals surface area contributed by atoms with Crippen molar-refractivity contribution in [3.05, 3.63) is 65.2 Å². The van der Waals surface area contributed by atoms with E-state index < -0.39 is 6.10 Å². The molecule has 2 rings (SSSR count). The second-order valence-electron chi connectivity index (χ2n) is 5.02. The lowest BCUT2D eigenvalue weighted by Crippen LogP contribution is -2.03. The van der Waals surface area contributed by atoms with E-state index in [0.717, 1.165) is 29.7 Å². The number of benzene rings is 2. The number of aliphatic hydroxyl groups is 1. The van der Waals surface area contributed by atoms with Crippen molar-refractivity contribution in [2.24, 2.45) is 0 Å². The van der Waals surface area contributed by atoms with Crippen molar-refractivity contribution in [1.82, 2.24) is 0 Å². The predicted molar refractivity (Wildman–Crippen MR) is 82.1 cm³/mol. The zero-order valence-electron chi connectivity index (χ0n) is 12.2. The lowest BCUT2D eigenvalue weighted by molar-refractivity contribution is 0.177. The second-order valence-corrected chi connectivity index (χ2v) is 5.02. The van der Waals surface area contributed by atoms with Crippen LogP contribution in [0.3, 0.4) is 0 Å². The van der Waals surface area contributed by atoms with Gasteiger partial charge in [0, 0.05) is 6.42 Å². The van der Waals surface area contributed by atoms with Crippen molar-refractivity contribution in [3.8, 4) is 5.75 Å². The van der Waals surface area contributed by atoms with E-state index in [9.17, 15) is 5.11 Å². The summed E-state index contributed by atoms with van der Waals surface area (Å²) < 4.78 is 5.32. The summed E-state index contributed by atoms with van der Waals surface area (Å²) in [5.41, 5.74) is 3.30. The van der Waals surface area contributed by atoms with E-state index in [2.05, 4.69) is 19.1 Å². The maximum absolute atomic E-state index is 10.4. The summed E-state index contributed by atoms with van der Waals surface area (Å²) in [5, 5.41) is 10.4. The fourth-order valence-corrected chi connectivity index (χ4v) is 2.39. The quantitative estimate of drug-likeness (QED) is 0.862. The molecule has 0 fully saturated rings. The maximum atomic E-state index is 10.4. The molecule has 20 heavy (non-hydrogen) atoms. The van der Waals surface area contributed by atoms with Crippen molar-refractivity contribution < 1.29 is 9.84 Å². The van der Waals surface area contributed by atoms with Crippen LogP contribution in [-0.2, 0) is 12.8 Å². The summed E-state index contributed by atoms with van der Waals surface area (Å²) in [7, 11) is 1.66. The first-order valence-corrected chi connectivity index (χ1v) is 7.13. The van der Waals surface area contributed by atoms with Crippen molar-refractivity contribution in [2.75, 3.05) is 7.11 Å². The third kappa shape index (κ3) is 3.61. The molecule has 0 heterocycles. The Morgan fingerprint density at radius 3 is 2.40 bits per heavy atom. The van der Waals surface area contributed by atoms with Crippen molar-refractivity contribution in [1.29, 1.82) is 0 Å². The molecule has 1 atom stereocenters. The minimum absolute atomic E-state index is 0.498. The Morgan fingerprint density at radius 2 is 1.75 bits per heavy atom. The van der Waals surface area contributed by atoms with Crippen LogP contribution in [0.2, 0.25) is 0 Å². The van der Waals surface area contributed by atoms with E-state index in [1.165, 1.54) is 5.56 Å². The van der Waals surface area contributed by atoms with Crippen LogP contribution in [0.5, 0.6) is 5.75 Å². The van der Waals surface area contributed by atoms with Crippen LogP contribution in [0.1, 0.15) is 36.1 Å². The van der Waals surface area contributed by atoms with E-state index in [1.54, 1.807) is 7.11 Å². The molecule has 2 aromatic rings. The van der Waals surface area contributed by atoms with Gasteiger partial charge in [-0.25, -0.2) is 0 Å². The third-order valence-corrected chi connectivity index (χ3v) is 3.51. The lowest BCUT2D eigenvalue weighted by atomic mass is 9.99. The van der Waals surface area contributed by atoms with Crippen LogP contribution in [0.4, 0.5) is 0 Å². The van der Waals surface area contributed by atoms with Gasteiger partial charge in [0.15, 0.2) is 0 Å². The highest BCUT2D eigenvalue weighted by molar-refractivity contribution is 5.35. The molecule has 1 unspecified atom stereocenters. The molecular formula is C18H22O2. The summed E-state index contributed by atoms with van der Waals surface area (Å²) in [4.78, 5) is 0. The van der Waals surface area contributed by atoms with Gasteiger partial charge in [-0.1, -0.05) is 55.8 Å². The zero-order valence-corrected chi connectivity index (χ0v) is 12.2. The molecule has 0 amide bonds. The topological polar surface area (TPSA) is 29.5 Å². The molecule has 0 spiro atoms. The molecule has 106 valence electrons. The number of methoxy groups -OCH3 is 1. The summed E-state index contributed by atoms with van der Waals surface area (Å²) in [5.74, 6) is 0.828. The minimum Gasteiger partial charge on any atom is -0.496 e.